The van der Waals surface area contributed by atoms with Crippen LogP contribution in [0, 0.1) is 0 Å². The maximum Gasteiger partial charge on any atom is 0.350 e. The van der Waals surface area contributed by atoms with Crippen LogP contribution in [-0.4, -0.2) is 32.2 Å². The van der Waals surface area contributed by atoms with E-state index in [0.717, 1.165) is 0 Å². The Bertz CT molecular complexity index is 346. The van der Waals surface area contributed by atoms with E-state index in [1.807, 2.05) is 0 Å². The fourth-order valence-corrected chi connectivity index (χ4v) is 1.51. The third kappa shape index (κ3) is 2.53. The third-order valence-electron chi connectivity index (χ3n) is 1.35. The van der Waals surface area contributed by atoms with Crippen molar-refractivity contribution in [1.82, 2.24) is 5.01 Å². The normalized spacial score (nSPS) is 10.5. The van der Waals surface area contributed by atoms with E-state index in [4.69, 9.17) is 0 Å². The van der Waals surface area contributed by atoms with Gasteiger partial charge in [0.15, 0.2) is 0 Å². The zero-order valence-electron chi connectivity index (χ0n) is 8.22. The van der Waals surface area contributed by atoms with Crippen LogP contribution in [-0.2, 0) is 4.74 Å². The first-order valence-electron chi connectivity index (χ1n) is 3.90. The zero-order valence-corrected chi connectivity index (χ0v) is 9.04. The molecule has 0 aliphatic heterocycles. The van der Waals surface area contributed by atoms with E-state index in [1.54, 1.807) is 30.6 Å². The van der Waals surface area contributed by atoms with E-state index >= 15 is 0 Å². The van der Waals surface area contributed by atoms with Crippen LogP contribution < -0.4 is 0 Å². The average Bonchev–Trinajstić information content (AvgIpc) is 2.61. The number of hydrogen-bond acceptors (Lipinski definition) is 5. The molecule has 0 aliphatic carbocycles. The lowest BCUT2D eigenvalue weighted by molar-refractivity contribution is 0.0607. The Balaban J connectivity index is 2.88. The van der Waals surface area contributed by atoms with Gasteiger partial charge in [-0.1, -0.05) is 5.22 Å². The van der Waals surface area contributed by atoms with E-state index in [9.17, 15) is 4.79 Å². The van der Waals surface area contributed by atoms with Crippen LogP contribution in [0.3, 0.4) is 0 Å². The van der Waals surface area contributed by atoms with Gasteiger partial charge in [0.1, 0.15) is 10.6 Å². The molecule has 0 fully saturated rings. The number of nitrogens with zero attached hydrogens (tertiary/aromatic N) is 3. The number of esters is 1. The lowest BCUT2D eigenvalue weighted by Crippen LogP contribution is -2.00. The quantitative estimate of drug-likeness (QED) is 0.439. The molecule has 0 radical (unpaired) electrons. The molecule has 76 valence electrons. The van der Waals surface area contributed by atoms with Gasteiger partial charge in [0.25, 0.3) is 0 Å². The maximum atomic E-state index is 11.2. The first kappa shape index (κ1) is 10.6. The minimum Gasteiger partial charge on any atom is -0.465 e. The van der Waals surface area contributed by atoms with Crippen molar-refractivity contribution in [3.8, 4) is 0 Å². The Labute approximate surface area is 86.0 Å². The molecule has 0 unspecified atom stereocenters. The topological polar surface area (TPSA) is 54.3 Å². The molecule has 1 aromatic rings. The first-order valence-corrected chi connectivity index (χ1v) is 4.78. The van der Waals surface area contributed by atoms with Crippen LogP contribution in [0.1, 0.15) is 9.67 Å². The molecule has 0 N–H and O–H groups in total. The molecule has 0 amide bonds. The predicted octanol–water partition coefficient (Wildman–Crippen LogP) is 2.09. The molecule has 6 heteroatoms. The fraction of sp³-hybridized carbons (Fsp3) is 0.375. The second-order valence-electron chi connectivity index (χ2n) is 2.66. The zero-order chi connectivity index (χ0) is 10.6. The highest BCUT2D eigenvalue weighted by Gasteiger charge is 2.12. The van der Waals surface area contributed by atoms with Gasteiger partial charge in [-0.05, 0) is 11.4 Å². The summed E-state index contributed by atoms with van der Waals surface area (Å²) in [5.41, 5.74) is 0.538. The second kappa shape index (κ2) is 4.71. The summed E-state index contributed by atoms with van der Waals surface area (Å²) in [6, 6.07) is 1.73. The van der Waals surface area contributed by atoms with Gasteiger partial charge in [-0.25, -0.2) is 4.79 Å². The Morgan fingerprint density at radius 1 is 1.57 bits per heavy atom. The summed E-state index contributed by atoms with van der Waals surface area (Å²) >= 11 is 1.29. The summed E-state index contributed by atoms with van der Waals surface area (Å²) in [6.45, 7) is 0. The fourth-order valence-electron chi connectivity index (χ4n) is 0.764. The monoisotopic (exact) mass is 213 g/mol. The summed E-state index contributed by atoms with van der Waals surface area (Å²) in [4.78, 5) is 11.7. The molecule has 1 heterocycles. The summed E-state index contributed by atoms with van der Waals surface area (Å²) in [5, 5.41) is 11.0. The van der Waals surface area contributed by atoms with Crippen LogP contribution in [0.5, 0.6) is 0 Å². The van der Waals surface area contributed by atoms with Gasteiger partial charge in [0.2, 0.25) is 0 Å². The van der Waals surface area contributed by atoms with Gasteiger partial charge in [0, 0.05) is 14.1 Å². The molecule has 0 aromatic carbocycles. The third-order valence-corrected chi connectivity index (χ3v) is 2.23. The number of carbonyl (C=O) groups is 1. The van der Waals surface area contributed by atoms with Crippen molar-refractivity contribution < 1.29 is 9.53 Å². The molecular weight excluding hydrogens is 202 g/mol. The minimum atomic E-state index is -0.382. The second-order valence-corrected chi connectivity index (χ2v) is 3.58. The van der Waals surface area contributed by atoms with E-state index < -0.39 is 0 Å². The highest BCUT2D eigenvalue weighted by atomic mass is 32.1. The van der Waals surface area contributed by atoms with Crippen LogP contribution >= 0.6 is 11.3 Å². The van der Waals surface area contributed by atoms with Gasteiger partial charge in [-0.15, -0.1) is 16.5 Å². The van der Waals surface area contributed by atoms with Crippen LogP contribution in [0.25, 0.3) is 0 Å². The Hall–Kier alpha value is -1.43. The average molecular weight is 213 g/mol. The molecule has 1 rings (SSSR count). The molecule has 0 atom stereocenters. The van der Waals surface area contributed by atoms with E-state index in [0.29, 0.717) is 10.6 Å². The smallest absolute Gasteiger partial charge is 0.350 e. The Morgan fingerprint density at radius 3 is 2.86 bits per heavy atom. The highest BCUT2D eigenvalue weighted by Crippen LogP contribution is 2.26. The number of carbonyl (C=O) groups excluding carboxylic acids is 1. The number of hydrogen-bond donors (Lipinski definition) is 0. The molecule has 14 heavy (non-hydrogen) atoms. The molecular formula is C8H11N3O2S. The van der Waals surface area contributed by atoms with Gasteiger partial charge in [-0.3, -0.25) is 5.01 Å². The first-order chi connectivity index (χ1) is 6.65. The highest BCUT2D eigenvalue weighted by molar-refractivity contribution is 7.12. The van der Waals surface area contributed by atoms with Crippen LogP contribution in [0.15, 0.2) is 21.8 Å². The number of thiophene rings is 1. The van der Waals surface area contributed by atoms with Crippen molar-refractivity contribution >= 4 is 23.0 Å². The lowest BCUT2D eigenvalue weighted by atomic mass is 10.4. The van der Waals surface area contributed by atoms with Crippen molar-refractivity contribution in [2.75, 3.05) is 21.2 Å². The van der Waals surface area contributed by atoms with Crippen molar-refractivity contribution in [2.45, 2.75) is 0 Å². The Kier molecular flexibility index (Phi) is 3.58. The number of ether oxygens (including phenoxy) is 1. The molecule has 0 aliphatic rings. The summed E-state index contributed by atoms with van der Waals surface area (Å²) < 4.78 is 4.60. The van der Waals surface area contributed by atoms with Crippen molar-refractivity contribution in [3.05, 3.63) is 16.3 Å². The van der Waals surface area contributed by atoms with Crippen LogP contribution in [0.2, 0.25) is 0 Å². The number of methoxy groups -OCH3 is 1. The summed E-state index contributed by atoms with van der Waals surface area (Å²) in [5.74, 6) is -0.382. The van der Waals surface area contributed by atoms with Crippen molar-refractivity contribution in [2.24, 2.45) is 10.3 Å². The molecule has 1 aromatic heterocycles. The molecule has 0 saturated carbocycles. The SMILES string of the molecule is COC(=O)c1sccc1/N=N/N(C)C. The molecule has 0 spiro atoms. The standard InChI is InChI=1S/C8H11N3O2S/c1-11(2)10-9-6-4-5-14-7(6)8(12)13-3/h4-5H,1-3H3/b10-9+. The van der Waals surface area contributed by atoms with Gasteiger partial charge in [-0.2, -0.15) is 0 Å². The van der Waals surface area contributed by atoms with E-state index in [2.05, 4.69) is 15.1 Å². The van der Waals surface area contributed by atoms with Gasteiger partial charge >= 0.3 is 5.97 Å². The van der Waals surface area contributed by atoms with Gasteiger partial charge in [0.05, 0.1) is 7.11 Å². The summed E-state index contributed by atoms with van der Waals surface area (Å²) in [6.07, 6.45) is 0. The maximum absolute atomic E-state index is 11.2. The predicted molar refractivity (Wildman–Crippen MR) is 53.9 cm³/mol. The minimum absolute atomic E-state index is 0.382. The van der Waals surface area contributed by atoms with E-state index in [-0.39, 0.29) is 5.97 Å². The van der Waals surface area contributed by atoms with E-state index in [1.165, 1.54) is 18.4 Å². The summed E-state index contributed by atoms with van der Waals surface area (Å²) in [7, 11) is 4.86. The largest absolute Gasteiger partial charge is 0.465 e. The molecule has 0 bridgehead atoms. The molecule has 5 nitrogen and oxygen atoms in total. The van der Waals surface area contributed by atoms with Crippen LogP contribution in [0.4, 0.5) is 5.69 Å². The van der Waals surface area contributed by atoms with Crippen molar-refractivity contribution in [3.63, 3.8) is 0 Å². The number of rotatable bonds is 3. The Morgan fingerprint density at radius 2 is 2.29 bits per heavy atom. The molecule has 0 saturated heterocycles. The van der Waals surface area contributed by atoms with Gasteiger partial charge < -0.3 is 4.74 Å². The lowest BCUT2D eigenvalue weighted by Gasteiger charge is -2.00. The van der Waals surface area contributed by atoms with Crippen molar-refractivity contribution in [1.29, 1.82) is 0 Å².